The summed E-state index contributed by atoms with van der Waals surface area (Å²) in [5, 5.41) is 11.3. The van der Waals surface area contributed by atoms with E-state index in [1.807, 2.05) is 35.9 Å². The SMILES string of the molecule is CN=C(NCCc1ccc(Br)o1)NCc1ccccc1-n1nc(C)cc1C.I. The van der Waals surface area contributed by atoms with Crippen LogP contribution in [0.15, 0.2) is 56.5 Å². The highest BCUT2D eigenvalue weighted by Gasteiger charge is 2.09. The van der Waals surface area contributed by atoms with Gasteiger partial charge in [0.2, 0.25) is 0 Å². The third-order valence-electron chi connectivity index (χ3n) is 4.19. The van der Waals surface area contributed by atoms with Gasteiger partial charge in [0.15, 0.2) is 10.6 Å². The third-order valence-corrected chi connectivity index (χ3v) is 4.62. The number of hydrogen-bond acceptors (Lipinski definition) is 3. The highest BCUT2D eigenvalue weighted by Crippen LogP contribution is 2.17. The Kier molecular flexibility index (Phi) is 8.56. The number of guanidine groups is 1. The molecule has 0 saturated heterocycles. The van der Waals surface area contributed by atoms with Crippen molar-refractivity contribution in [3.63, 3.8) is 0 Å². The van der Waals surface area contributed by atoms with Crippen molar-refractivity contribution in [3.05, 3.63) is 69.8 Å². The second-order valence-corrected chi connectivity index (χ2v) is 7.06. The average Bonchev–Trinajstić information content (AvgIpc) is 3.22. The van der Waals surface area contributed by atoms with E-state index in [-0.39, 0.29) is 24.0 Å². The molecule has 1 aromatic carbocycles. The maximum absolute atomic E-state index is 5.51. The number of aliphatic imine (C=N–C) groups is 1. The van der Waals surface area contributed by atoms with E-state index in [4.69, 9.17) is 4.42 Å². The van der Waals surface area contributed by atoms with E-state index in [2.05, 4.69) is 61.8 Å². The lowest BCUT2D eigenvalue weighted by atomic mass is 10.1. The lowest BCUT2D eigenvalue weighted by Crippen LogP contribution is -2.38. The van der Waals surface area contributed by atoms with Crippen LogP contribution in [0.5, 0.6) is 0 Å². The van der Waals surface area contributed by atoms with Crippen molar-refractivity contribution < 1.29 is 4.42 Å². The molecule has 3 aromatic rings. The largest absolute Gasteiger partial charge is 0.454 e. The summed E-state index contributed by atoms with van der Waals surface area (Å²) in [6.07, 6.45) is 0.786. The number of aromatic nitrogens is 2. The lowest BCUT2D eigenvalue weighted by Gasteiger charge is -2.15. The van der Waals surface area contributed by atoms with Gasteiger partial charge in [-0.15, -0.1) is 24.0 Å². The molecule has 0 aliphatic heterocycles. The second kappa shape index (κ2) is 10.7. The van der Waals surface area contributed by atoms with Gasteiger partial charge >= 0.3 is 0 Å². The number of hydrogen-bond donors (Lipinski definition) is 2. The van der Waals surface area contributed by atoms with Crippen LogP contribution in [0, 0.1) is 13.8 Å². The predicted molar refractivity (Wildman–Crippen MR) is 127 cm³/mol. The van der Waals surface area contributed by atoms with E-state index in [0.717, 1.165) is 52.0 Å². The fraction of sp³-hybridized carbons (Fsp3) is 0.300. The number of halogens is 2. The number of nitrogens with one attached hydrogen (secondary N) is 2. The first-order valence-electron chi connectivity index (χ1n) is 8.87. The van der Waals surface area contributed by atoms with E-state index >= 15 is 0 Å². The first kappa shape index (κ1) is 22.5. The molecule has 3 rings (SSSR count). The molecule has 150 valence electrons. The van der Waals surface area contributed by atoms with Gasteiger partial charge in [-0.3, -0.25) is 4.99 Å². The highest BCUT2D eigenvalue weighted by atomic mass is 127. The zero-order chi connectivity index (χ0) is 19.2. The van der Waals surface area contributed by atoms with Crippen molar-refractivity contribution in [2.45, 2.75) is 26.8 Å². The maximum atomic E-state index is 5.51. The Morgan fingerprint density at radius 1 is 1.18 bits per heavy atom. The molecule has 0 unspecified atom stereocenters. The molecule has 2 N–H and O–H groups in total. The zero-order valence-electron chi connectivity index (χ0n) is 16.2. The lowest BCUT2D eigenvalue weighted by molar-refractivity contribution is 0.486. The Balaban J connectivity index is 0.00000280. The summed E-state index contributed by atoms with van der Waals surface area (Å²) in [4.78, 5) is 4.30. The zero-order valence-corrected chi connectivity index (χ0v) is 20.1. The van der Waals surface area contributed by atoms with Crippen molar-refractivity contribution in [1.82, 2.24) is 20.4 Å². The molecule has 0 aliphatic carbocycles. The number of para-hydroxylation sites is 1. The first-order chi connectivity index (χ1) is 13.1. The molecule has 0 radical (unpaired) electrons. The van der Waals surface area contributed by atoms with E-state index in [0.29, 0.717) is 6.54 Å². The van der Waals surface area contributed by atoms with Crippen molar-refractivity contribution in [3.8, 4) is 5.69 Å². The van der Waals surface area contributed by atoms with Crippen LogP contribution in [0.25, 0.3) is 5.69 Å². The summed E-state index contributed by atoms with van der Waals surface area (Å²) in [5.74, 6) is 1.68. The molecular weight excluding hydrogens is 533 g/mol. The molecule has 6 nitrogen and oxygen atoms in total. The second-order valence-electron chi connectivity index (χ2n) is 6.28. The summed E-state index contributed by atoms with van der Waals surface area (Å²) in [7, 11) is 1.77. The smallest absolute Gasteiger partial charge is 0.191 e. The average molecular weight is 558 g/mol. The Labute approximate surface area is 191 Å². The summed E-state index contributed by atoms with van der Waals surface area (Å²) < 4.78 is 8.25. The van der Waals surface area contributed by atoms with E-state index in [1.54, 1.807) is 7.05 Å². The van der Waals surface area contributed by atoms with E-state index in [1.165, 1.54) is 0 Å². The van der Waals surface area contributed by atoms with Crippen molar-refractivity contribution >= 4 is 45.9 Å². The van der Waals surface area contributed by atoms with Gasteiger partial charge in [-0.05, 0) is 59.6 Å². The summed E-state index contributed by atoms with van der Waals surface area (Å²) >= 11 is 3.32. The molecule has 0 amide bonds. The number of nitrogens with zero attached hydrogens (tertiary/aromatic N) is 3. The summed E-state index contributed by atoms with van der Waals surface area (Å²) in [6.45, 7) is 5.46. The number of rotatable bonds is 6. The summed E-state index contributed by atoms with van der Waals surface area (Å²) in [5.41, 5.74) is 4.36. The Bertz CT molecular complexity index is 934. The maximum Gasteiger partial charge on any atom is 0.191 e. The topological polar surface area (TPSA) is 67.4 Å². The third kappa shape index (κ3) is 5.84. The number of aryl methyl sites for hydroxylation is 2. The van der Waals surface area contributed by atoms with Crippen LogP contribution in [0.2, 0.25) is 0 Å². The molecule has 8 heteroatoms. The van der Waals surface area contributed by atoms with Crippen molar-refractivity contribution in [1.29, 1.82) is 0 Å². The number of benzene rings is 1. The summed E-state index contributed by atoms with van der Waals surface area (Å²) in [6, 6.07) is 14.2. The minimum absolute atomic E-state index is 0. The van der Waals surface area contributed by atoms with Gasteiger partial charge in [0.25, 0.3) is 0 Å². The normalized spacial score (nSPS) is 11.2. The molecule has 2 heterocycles. The van der Waals surface area contributed by atoms with Gasteiger partial charge in [-0.25, -0.2) is 4.68 Å². The fourth-order valence-corrected chi connectivity index (χ4v) is 3.27. The molecule has 28 heavy (non-hydrogen) atoms. The number of furan rings is 1. The van der Waals surface area contributed by atoms with Crippen LogP contribution in [0.1, 0.15) is 22.7 Å². The highest BCUT2D eigenvalue weighted by molar-refractivity contribution is 14.0. The van der Waals surface area contributed by atoms with Gasteiger partial charge in [0, 0.05) is 32.3 Å². The van der Waals surface area contributed by atoms with Gasteiger partial charge in [-0.1, -0.05) is 18.2 Å². The van der Waals surface area contributed by atoms with Gasteiger partial charge < -0.3 is 15.1 Å². The molecular formula is C20H25BrIN5O. The molecule has 2 aromatic heterocycles. The Hall–Kier alpha value is -1.81. The van der Waals surface area contributed by atoms with Crippen LogP contribution in [0.4, 0.5) is 0 Å². The quantitative estimate of drug-likeness (QED) is 0.268. The predicted octanol–water partition coefficient (Wildman–Crippen LogP) is 4.37. The fourth-order valence-electron chi connectivity index (χ4n) is 2.93. The van der Waals surface area contributed by atoms with Crippen LogP contribution in [-0.2, 0) is 13.0 Å². The van der Waals surface area contributed by atoms with Crippen LogP contribution < -0.4 is 10.6 Å². The first-order valence-corrected chi connectivity index (χ1v) is 9.66. The molecule has 0 spiro atoms. The minimum Gasteiger partial charge on any atom is -0.454 e. The van der Waals surface area contributed by atoms with Crippen LogP contribution >= 0.6 is 39.9 Å². The van der Waals surface area contributed by atoms with Crippen molar-refractivity contribution in [2.75, 3.05) is 13.6 Å². The van der Waals surface area contributed by atoms with Crippen LogP contribution in [-0.4, -0.2) is 29.3 Å². The molecule has 0 bridgehead atoms. The van der Waals surface area contributed by atoms with Gasteiger partial charge in [0.05, 0.1) is 11.4 Å². The van der Waals surface area contributed by atoms with Crippen LogP contribution in [0.3, 0.4) is 0 Å². The minimum atomic E-state index is 0. The molecule has 0 aliphatic rings. The van der Waals surface area contributed by atoms with Gasteiger partial charge in [-0.2, -0.15) is 5.10 Å². The van der Waals surface area contributed by atoms with Gasteiger partial charge in [0.1, 0.15) is 5.76 Å². The van der Waals surface area contributed by atoms with E-state index < -0.39 is 0 Å². The monoisotopic (exact) mass is 557 g/mol. The Morgan fingerprint density at radius 2 is 1.96 bits per heavy atom. The standard InChI is InChI=1S/C20H24BrN5O.HI/c1-14-12-15(2)26(25-14)18-7-5-4-6-16(18)13-24-20(22-3)23-11-10-17-8-9-19(21)27-17;/h4-9,12H,10-11,13H2,1-3H3,(H2,22,23,24);1H. The molecule has 0 fully saturated rings. The van der Waals surface area contributed by atoms with E-state index in [9.17, 15) is 0 Å². The molecule has 0 saturated carbocycles. The Morgan fingerprint density at radius 3 is 2.61 bits per heavy atom. The van der Waals surface area contributed by atoms with Crippen molar-refractivity contribution in [2.24, 2.45) is 4.99 Å². The molecule has 0 atom stereocenters.